The van der Waals surface area contributed by atoms with Gasteiger partial charge in [-0.05, 0) is 57.2 Å². The minimum Gasteiger partial charge on any atom is -0.444 e. The van der Waals surface area contributed by atoms with E-state index in [0.717, 1.165) is 5.56 Å². The zero-order valence-electron chi connectivity index (χ0n) is 15.1. The molecule has 2 aromatic rings. The van der Waals surface area contributed by atoms with E-state index in [-0.39, 0.29) is 5.78 Å². The van der Waals surface area contributed by atoms with Crippen LogP contribution in [-0.4, -0.2) is 17.5 Å². The predicted molar refractivity (Wildman–Crippen MR) is 103 cm³/mol. The van der Waals surface area contributed by atoms with Crippen molar-refractivity contribution < 1.29 is 14.3 Å². The van der Waals surface area contributed by atoms with Gasteiger partial charge in [-0.1, -0.05) is 42.2 Å². The van der Waals surface area contributed by atoms with Gasteiger partial charge < -0.3 is 4.74 Å². The second kappa shape index (κ2) is 8.68. The summed E-state index contributed by atoms with van der Waals surface area (Å²) in [5.74, 6) is 5.52. The van der Waals surface area contributed by atoms with Crippen molar-refractivity contribution in [2.45, 2.75) is 26.4 Å². The molecule has 0 radical (unpaired) electrons. The topological polar surface area (TPSA) is 55.4 Å². The van der Waals surface area contributed by atoms with Crippen molar-refractivity contribution >= 4 is 17.6 Å². The third-order valence-electron chi connectivity index (χ3n) is 3.14. The maximum atomic E-state index is 12.4. The Balaban J connectivity index is 2.09. The van der Waals surface area contributed by atoms with Crippen molar-refractivity contribution in [1.82, 2.24) is 0 Å². The molecule has 0 atom stereocenters. The number of ketones is 1. The third kappa shape index (κ3) is 6.29. The second-order valence-electron chi connectivity index (χ2n) is 6.51. The zero-order valence-corrected chi connectivity index (χ0v) is 15.1. The van der Waals surface area contributed by atoms with Gasteiger partial charge in [0.1, 0.15) is 5.60 Å². The van der Waals surface area contributed by atoms with E-state index < -0.39 is 11.7 Å². The molecule has 0 saturated carbocycles. The molecule has 4 nitrogen and oxygen atoms in total. The summed E-state index contributed by atoms with van der Waals surface area (Å²) in [5, 5.41) is 2.61. The molecule has 0 fully saturated rings. The smallest absolute Gasteiger partial charge is 0.412 e. The quantitative estimate of drug-likeness (QED) is 0.492. The standard InChI is InChI=1S/C22H21NO3/c1-22(2,3)26-21(25)23-19-15-9-8-14-18(19)20(24)16-10-7-13-17-11-5-4-6-12-17/h4-6,8-12,14-16H,1-3H3,(H,23,25)/b16-10+. The molecule has 0 bridgehead atoms. The molecule has 0 heterocycles. The van der Waals surface area contributed by atoms with Gasteiger partial charge in [-0.25, -0.2) is 4.79 Å². The summed E-state index contributed by atoms with van der Waals surface area (Å²) in [6, 6.07) is 16.3. The molecule has 0 saturated heterocycles. The first-order valence-electron chi connectivity index (χ1n) is 8.22. The van der Waals surface area contributed by atoms with E-state index >= 15 is 0 Å². The van der Waals surface area contributed by atoms with Crippen LogP contribution in [0.1, 0.15) is 36.7 Å². The highest BCUT2D eigenvalue weighted by Gasteiger charge is 2.18. The largest absolute Gasteiger partial charge is 0.444 e. The van der Waals surface area contributed by atoms with Crippen molar-refractivity contribution in [2.75, 3.05) is 5.32 Å². The lowest BCUT2D eigenvalue weighted by molar-refractivity contribution is 0.0636. The average molecular weight is 347 g/mol. The first-order chi connectivity index (χ1) is 12.3. The van der Waals surface area contributed by atoms with Crippen molar-refractivity contribution in [3.8, 4) is 11.8 Å². The molecular weight excluding hydrogens is 326 g/mol. The summed E-state index contributed by atoms with van der Waals surface area (Å²) in [6.07, 6.45) is 2.27. The van der Waals surface area contributed by atoms with E-state index in [9.17, 15) is 9.59 Å². The van der Waals surface area contributed by atoms with Crippen LogP contribution in [0.3, 0.4) is 0 Å². The molecule has 0 aliphatic heterocycles. The first kappa shape index (κ1) is 19.0. The lowest BCUT2D eigenvalue weighted by Crippen LogP contribution is -2.27. The Hall–Kier alpha value is -3.32. The van der Waals surface area contributed by atoms with E-state index in [1.54, 1.807) is 45.0 Å². The van der Waals surface area contributed by atoms with Crippen LogP contribution in [0.5, 0.6) is 0 Å². The number of hydrogen-bond donors (Lipinski definition) is 1. The lowest BCUT2D eigenvalue weighted by atomic mass is 10.1. The van der Waals surface area contributed by atoms with Crippen LogP contribution >= 0.6 is 0 Å². The van der Waals surface area contributed by atoms with E-state index in [1.165, 1.54) is 12.2 Å². The lowest BCUT2D eigenvalue weighted by Gasteiger charge is -2.20. The van der Waals surface area contributed by atoms with Crippen LogP contribution in [0.25, 0.3) is 0 Å². The molecule has 1 N–H and O–H groups in total. The Bertz CT molecular complexity index is 865. The Kier molecular flexibility index (Phi) is 6.35. The van der Waals surface area contributed by atoms with Crippen molar-refractivity contribution in [1.29, 1.82) is 0 Å². The van der Waals surface area contributed by atoms with Gasteiger partial charge in [0.2, 0.25) is 0 Å². The van der Waals surface area contributed by atoms with Gasteiger partial charge in [0, 0.05) is 11.1 Å². The molecular formula is C22H21NO3. The van der Waals surface area contributed by atoms with Gasteiger partial charge in [0.25, 0.3) is 0 Å². The maximum Gasteiger partial charge on any atom is 0.412 e. The van der Waals surface area contributed by atoms with E-state index in [0.29, 0.717) is 11.3 Å². The van der Waals surface area contributed by atoms with Crippen molar-refractivity contribution in [2.24, 2.45) is 0 Å². The van der Waals surface area contributed by atoms with Gasteiger partial charge in [-0.3, -0.25) is 10.1 Å². The number of anilines is 1. The number of carbonyl (C=O) groups excluding carboxylic acids is 2. The molecule has 0 unspecified atom stereocenters. The SMILES string of the molecule is CC(C)(C)OC(=O)Nc1ccccc1C(=O)/C=C/C#Cc1ccccc1. The van der Waals surface area contributed by atoms with Gasteiger partial charge in [-0.15, -0.1) is 0 Å². The molecule has 0 aliphatic rings. The highest BCUT2D eigenvalue weighted by molar-refractivity contribution is 6.10. The van der Waals surface area contributed by atoms with Gasteiger partial charge in [0.15, 0.2) is 5.78 Å². The Morgan fingerprint density at radius 1 is 1.00 bits per heavy atom. The van der Waals surface area contributed by atoms with Gasteiger partial charge >= 0.3 is 6.09 Å². The minimum absolute atomic E-state index is 0.251. The number of carbonyl (C=O) groups is 2. The Morgan fingerprint density at radius 2 is 1.65 bits per heavy atom. The first-order valence-corrected chi connectivity index (χ1v) is 8.22. The second-order valence-corrected chi connectivity index (χ2v) is 6.51. The predicted octanol–water partition coefficient (Wildman–Crippen LogP) is 4.82. The molecule has 4 heteroatoms. The monoisotopic (exact) mass is 347 g/mol. The normalized spacial score (nSPS) is 10.7. The van der Waals surface area contributed by atoms with Crippen LogP contribution in [0.4, 0.5) is 10.5 Å². The van der Waals surface area contributed by atoms with Crippen LogP contribution < -0.4 is 5.32 Å². The van der Waals surface area contributed by atoms with E-state index in [1.807, 2.05) is 30.3 Å². The fourth-order valence-corrected chi connectivity index (χ4v) is 2.07. The number of hydrogen-bond acceptors (Lipinski definition) is 3. The Morgan fingerprint density at radius 3 is 2.35 bits per heavy atom. The van der Waals surface area contributed by atoms with Crippen molar-refractivity contribution in [3.63, 3.8) is 0 Å². The summed E-state index contributed by atoms with van der Waals surface area (Å²) in [5.41, 5.74) is 1.02. The van der Waals surface area contributed by atoms with E-state index in [4.69, 9.17) is 4.74 Å². The third-order valence-corrected chi connectivity index (χ3v) is 3.14. The number of ether oxygens (including phenoxy) is 1. The van der Waals surface area contributed by atoms with Gasteiger partial charge in [0.05, 0.1) is 5.69 Å². The molecule has 0 aliphatic carbocycles. The molecule has 2 rings (SSSR count). The number of nitrogens with one attached hydrogen (secondary N) is 1. The molecule has 0 aromatic heterocycles. The fourth-order valence-electron chi connectivity index (χ4n) is 2.07. The van der Waals surface area contributed by atoms with Crippen LogP contribution in [-0.2, 0) is 4.74 Å². The number of rotatable bonds is 3. The molecule has 2 aromatic carbocycles. The Labute approximate surface area is 153 Å². The van der Waals surface area contributed by atoms with Crippen molar-refractivity contribution in [3.05, 3.63) is 77.9 Å². The number of amides is 1. The zero-order chi connectivity index (χ0) is 19.0. The molecule has 1 amide bonds. The summed E-state index contributed by atoms with van der Waals surface area (Å²) >= 11 is 0. The summed E-state index contributed by atoms with van der Waals surface area (Å²) in [6.45, 7) is 5.33. The number of allylic oxidation sites excluding steroid dienone is 2. The van der Waals surface area contributed by atoms with Crippen LogP contribution in [0.2, 0.25) is 0 Å². The summed E-state index contributed by atoms with van der Waals surface area (Å²) < 4.78 is 5.22. The van der Waals surface area contributed by atoms with E-state index in [2.05, 4.69) is 17.2 Å². The summed E-state index contributed by atoms with van der Waals surface area (Å²) in [7, 11) is 0. The number of para-hydroxylation sites is 1. The maximum absolute atomic E-state index is 12.4. The van der Waals surface area contributed by atoms with Gasteiger partial charge in [-0.2, -0.15) is 0 Å². The number of benzene rings is 2. The fraction of sp³-hybridized carbons (Fsp3) is 0.182. The average Bonchev–Trinajstić information content (AvgIpc) is 2.58. The minimum atomic E-state index is -0.615. The highest BCUT2D eigenvalue weighted by atomic mass is 16.6. The molecule has 26 heavy (non-hydrogen) atoms. The molecule has 132 valence electrons. The van der Waals surface area contributed by atoms with Crippen LogP contribution in [0.15, 0.2) is 66.7 Å². The summed E-state index contributed by atoms with van der Waals surface area (Å²) in [4.78, 5) is 24.3. The molecule has 0 spiro atoms. The highest BCUT2D eigenvalue weighted by Crippen LogP contribution is 2.18. The van der Waals surface area contributed by atoms with Crippen LogP contribution in [0, 0.1) is 11.8 Å².